The van der Waals surface area contributed by atoms with Gasteiger partial charge in [0, 0.05) is 11.9 Å². The molecule has 0 aromatic carbocycles. The number of rotatable bonds is 0. The summed E-state index contributed by atoms with van der Waals surface area (Å²) in [7, 11) is 0. The van der Waals surface area contributed by atoms with Gasteiger partial charge in [-0.2, -0.15) is 0 Å². The molecule has 2 rings (SSSR count). The van der Waals surface area contributed by atoms with Gasteiger partial charge in [0.25, 0.3) is 0 Å². The largest absolute Gasteiger partial charge is 0.344 e. The minimum absolute atomic E-state index is 1.05. The first kappa shape index (κ1) is 5.53. The monoisotopic (exact) mass is 135 g/mol. The second kappa shape index (κ2) is 1.62. The average Bonchev–Trinajstić information content (AvgIpc) is 2.41. The van der Waals surface area contributed by atoms with Crippen molar-refractivity contribution in [3.8, 4) is 0 Å². The average molecular weight is 135 g/mol. The van der Waals surface area contributed by atoms with Gasteiger partial charge in [-0.1, -0.05) is 0 Å². The molecule has 0 radical (unpaired) electrons. The molecule has 0 bridgehead atoms. The molecule has 3 nitrogen and oxygen atoms in total. The SMILES string of the molecule is Cc1ncn2c(C)c[nH]c12. The molecule has 0 amide bonds. The van der Waals surface area contributed by atoms with Gasteiger partial charge in [0.2, 0.25) is 0 Å². The smallest absolute Gasteiger partial charge is 0.137 e. The van der Waals surface area contributed by atoms with Crippen molar-refractivity contribution < 1.29 is 0 Å². The zero-order chi connectivity index (χ0) is 7.14. The normalized spacial score (nSPS) is 11.0. The van der Waals surface area contributed by atoms with Crippen LogP contribution in [0.1, 0.15) is 11.4 Å². The number of aromatic nitrogens is 3. The lowest BCUT2D eigenvalue weighted by atomic mass is 10.5. The molecule has 0 aliphatic heterocycles. The van der Waals surface area contributed by atoms with Crippen molar-refractivity contribution in [1.82, 2.24) is 14.4 Å². The first-order chi connectivity index (χ1) is 4.79. The van der Waals surface area contributed by atoms with Crippen LogP contribution >= 0.6 is 0 Å². The van der Waals surface area contributed by atoms with E-state index in [4.69, 9.17) is 0 Å². The summed E-state index contributed by atoms with van der Waals surface area (Å²) in [5.74, 6) is 0. The van der Waals surface area contributed by atoms with Gasteiger partial charge in [-0.15, -0.1) is 0 Å². The Labute approximate surface area is 58.7 Å². The molecule has 1 N–H and O–H groups in total. The molecule has 52 valence electrons. The summed E-state index contributed by atoms with van der Waals surface area (Å²) in [6.45, 7) is 4.04. The molecular weight excluding hydrogens is 126 g/mol. The second-order valence-electron chi connectivity index (χ2n) is 2.48. The highest BCUT2D eigenvalue weighted by molar-refractivity contribution is 5.44. The molecule has 2 heterocycles. The Balaban J connectivity index is 2.95. The maximum absolute atomic E-state index is 4.15. The van der Waals surface area contributed by atoms with E-state index in [1.165, 1.54) is 5.69 Å². The summed E-state index contributed by atoms with van der Waals surface area (Å²) in [4.78, 5) is 7.28. The highest BCUT2D eigenvalue weighted by Gasteiger charge is 2.00. The van der Waals surface area contributed by atoms with Crippen molar-refractivity contribution in [3.63, 3.8) is 0 Å². The number of fused-ring (bicyclic) bond motifs is 1. The Morgan fingerprint density at radius 3 is 3.00 bits per heavy atom. The predicted octanol–water partition coefficient (Wildman–Crippen LogP) is 1.28. The van der Waals surface area contributed by atoms with Crippen molar-refractivity contribution in [2.24, 2.45) is 0 Å². The number of aryl methyl sites for hydroxylation is 2. The Morgan fingerprint density at radius 1 is 1.50 bits per heavy atom. The van der Waals surface area contributed by atoms with Crippen LogP contribution in [0, 0.1) is 13.8 Å². The summed E-state index contributed by atoms with van der Waals surface area (Å²) in [6.07, 6.45) is 3.81. The lowest BCUT2D eigenvalue weighted by Gasteiger charge is -1.83. The van der Waals surface area contributed by atoms with E-state index in [0.29, 0.717) is 0 Å². The number of nitrogens with zero attached hydrogens (tertiary/aromatic N) is 2. The van der Waals surface area contributed by atoms with E-state index in [-0.39, 0.29) is 0 Å². The second-order valence-corrected chi connectivity index (χ2v) is 2.48. The van der Waals surface area contributed by atoms with Crippen LogP contribution in [0.25, 0.3) is 5.65 Å². The molecule has 10 heavy (non-hydrogen) atoms. The number of aromatic amines is 1. The van der Waals surface area contributed by atoms with Crippen LogP contribution in [-0.4, -0.2) is 14.4 Å². The van der Waals surface area contributed by atoms with E-state index in [1.54, 1.807) is 0 Å². The Bertz CT molecular complexity index is 320. The number of imidazole rings is 2. The summed E-state index contributed by atoms with van der Waals surface area (Å²) in [5.41, 5.74) is 3.33. The zero-order valence-electron chi connectivity index (χ0n) is 6.05. The van der Waals surface area contributed by atoms with Gasteiger partial charge >= 0.3 is 0 Å². The van der Waals surface area contributed by atoms with E-state index in [0.717, 1.165) is 11.3 Å². The zero-order valence-corrected chi connectivity index (χ0v) is 6.05. The molecule has 0 aliphatic rings. The van der Waals surface area contributed by atoms with Crippen LogP contribution in [0.4, 0.5) is 0 Å². The summed E-state index contributed by atoms with van der Waals surface area (Å²) < 4.78 is 2.04. The maximum atomic E-state index is 4.15. The van der Waals surface area contributed by atoms with Crippen LogP contribution in [0.2, 0.25) is 0 Å². The van der Waals surface area contributed by atoms with Crippen molar-refractivity contribution in [2.45, 2.75) is 13.8 Å². The van der Waals surface area contributed by atoms with E-state index in [1.807, 2.05) is 30.8 Å². The quantitative estimate of drug-likeness (QED) is 0.580. The number of nitrogens with one attached hydrogen (secondary N) is 1. The van der Waals surface area contributed by atoms with Crippen LogP contribution in [0.3, 0.4) is 0 Å². The van der Waals surface area contributed by atoms with Crippen molar-refractivity contribution in [3.05, 3.63) is 23.9 Å². The fourth-order valence-electron chi connectivity index (χ4n) is 1.12. The first-order valence-corrected chi connectivity index (χ1v) is 3.26. The minimum atomic E-state index is 1.05. The van der Waals surface area contributed by atoms with Crippen LogP contribution in [-0.2, 0) is 0 Å². The fourth-order valence-corrected chi connectivity index (χ4v) is 1.12. The van der Waals surface area contributed by atoms with E-state index < -0.39 is 0 Å². The van der Waals surface area contributed by atoms with Gasteiger partial charge in [-0.3, -0.25) is 4.40 Å². The molecule has 3 heteroatoms. The molecule has 0 saturated heterocycles. The Kier molecular flexibility index (Phi) is 0.897. The van der Waals surface area contributed by atoms with Gasteiger partial charge in [-0.05, 0) is 13.8 Å². The standard InChI is InChI=1S/C7H9N3/c1-5-3-8-7-6(2)9-4-10(5)7/h3-4,8H,1-2H3. The Morgan fingerprint density at radius 2 is 2.30 bits per heavy atom. The Hall–Kier alpha value is -1.25. The number of hydrogen-bond acceptors (Lipinski definition) is 1. The highest BCUT2D eigenvalue weighted by Crippen LogP contribution is 2.07. The highest BCUT2D eigenvalue weighted by atomic mass is 15.1. The molecule has 0 spiro atoms. The summed E-state index contributed by atoms with van der Waals surface area (Å²) in [6, 6.07) is 0. The van der Waals surface area contributed by atoms with Gasteiger partial charge in [0.1, 0.15) is 12.0 Å². The summed E-state index contributed by atoms with van der Waals surface area (Å²) in [5, 5.41) is 0. The molecule has 0 fully saturated rings. The maximum Gasteiger partial charge on any atom is 0.137 e. The third kappa shape index (κ3) is 0.518. The molecule has 0 aliphatic carbocycles. The minimum Gasteiger partial charge on any atom is -0.344 e. The molecular formula is C7H9N3. The number of H-pyrrole nitrogens is 1. The lowest BCUT2D eigenvalue weighted by Crippen LogP contribution is -1.78. The summed E-state index contributed by atoms with van der Waals surface area (Å²) >= 11 is 0. The van der Waals surface area contributed by atoms with E-state index in [2.05, 4.69) is 9.97 Å². The van der Waals surface area contributed by atoms with Crippen LogP contribution in [0.15, 0.2) is 12.5 Å². The van der Waals surface area contributed by atoms with Crippen molar-refractivity contribution in [1.29, 1.82) is 0 Å². The molecule has 0 unspecified atom stereocenters. The molecule has 0 atom stereocenters. The topological polar surface area (TPSA) is 33.1 Å². The number of hydrogen-bond donors (Lipinski definition) is 1. The van der Waals surface area contributed by atoms with Gasteiger partial charge < -0.3 is 4.98 Å². The van der Waals surface area contributed by atoms with Gasteiger partial charge in [0.05, 0.1) is 5.69 Å². The van der Waals surface area contributed by atoms with E-state index >= 15 is 0 Å². The first-order valence-electron chi connectivity index (χ1n) is 3.26. The predicted molar refractivity (Wildman–Crippen MR) is 39.0 cm³/mol. The molecule has 2 aromatic rings. The molecule has 0 saturated carbocycles. The van der Waals surface area contributed by atoms with Crippen LogP contribution < -0.4 is 0 Å². The third-order valence-electron chi connectivity index (χ3n) is 1.75. The van der Waals surface area contributed by atoms with Gasteiger partial charge in [0.15, 0.2) is 0 Å². The lowest BCUT2D eigenvalue weighted by molar-refractivity contribution is 1.10. The third-order valence-corrected chi connectivity index (χ3v) is 1.75. The van der Waals surface area contributed by atoms with Crippen molar-refractivity contribution >= 4 is 5.65 Å². The van der Waals surface area contributed by atoms with Crippen LogP contribution in [0.5, 0.6) is 0 Å². The van der Waals surface area contributed by atoms with E-state index in [9.17, 15) is 0 Å². The van der Waals surface area contributed by atoms with Crippen molar-refractivity contribution in [2.75, 3.05) is 0 Å². The fraction of sp³-hybridized carbons (Fsp3) is 0.286. The van der Waals surface area contributed by atoms with Gasteiger partial charge in [-0.25, -0.2) is 4.98 Å². The molecule has 2 aromatic heterocycles.